The fourth-order valence-electron chi connectivity index (χ4n) is 3.82. The van der Waals surface area contributed by atoms with Crippen LogP contribution in [-0.2, 0) is 18.1 Å². The van der Waals surface area contributed by atoms with Crippen LogP contribution in [0.2, 0.25) is 0 Å². The van der Waals surface area contributed by atoms with Crippen LogP contribution in [0, 0.1) is 0 Å². The third kappa shape index (κ3) is 3.77. The lowest BCUT2D eigenvalue weighted by Crippen LogP contribution is -2.43. The van der Waals surface area contributed by atoms with Crippen molar-refractivity contribution in [1.29, 1.82) is 0 Å². The van der Waals surface area contributed by atoms with Crippen molar-refractivity contribution in [1.82, 2.24) is 5.32 Å². The molecule has 0 aromatic heterocycles. The average molecular weight is 372 g/mol. The molecule has 27 heavy (non-hydrogen) atoms. The maximum absolute atomic E-state index is 13.1. The van der Waals surface area contributed by atoms with Gasteiger partial charge in [-0.15, -0.1) is 6.58 Å². The van der Waals surface area contributed by atoms with Crippen LogP contribution in [0.5, 0.6) is 0 Å². The fraction of sp³-hybridized carbons (Fsp3) is 0.318. The van der Waals surface area contributed by atoms with Crippen molar-refractivity contribution in [2.45, 2.75) is 37.9 Å². The molecule has 1 aliphatic rings. The first kappa shape index (κ1) is 19.2. The van der Waals surface area contributed by atoms with Gasteiger partial charge >= 0.3 is 6.18 Å². The smallest absolute Gasteiger partial charge is 0.364 e. The molecule has 0 saturated carbocycles. The number of benzene rings is 2. The number of nitrogens with zero attached hydrogens (tertiary/aromatic N) is 1. The van der Waals surface area contributed by atoms with Gasteiger partial charge in [-0.1, -0.05) is 30.3 Å². The molecule has 0 radical (unpaired) electrons. The van der Waals surface area contributed by atoms with E-state index in [2.05, 4.69) is 16.9 Å². The fourth-order valence-corrected chi connectivity index (χ4v) is 3.82. The Balaban J connectivity index is 2.07. The van der Waals surface area contributed by atoms with E-state index in [1.54, 1.807) is 13.1 Å². The molecule has 1 N–H and O–H groups in total. The van der Waals surface area contributed by atoms with E-state index in [1.807, 2.05) is 31.2 Å². The van der Waals surface area contributed by atoms with Crippen molar-refractivity contribution < 1.29 is 13.2 Å². The van der Waals surface area contributed by atoms with Gasteiger partial charge in [-0.3, -0.25) is 4.99 Å². The SMILES string of the molecule is C=CCC1(NC(C)=NC)CCc2ccc(-c3cccc(C(F)(F)F)c3)cc21. The molecule has 2 aromatic rings. The molecule has 1 atom stereocenters. The maximum atomic E-state index is 13.1. The van der Waals surface area contributed by atoms with Gasteiger partial charge in [0.2, 0.25) is 0 Å². The van der Waals surface area contributed by atoms with Gasteiger partial charge in [-0.2, -0.15) is 13.2 Å². The number of amidine groups is 1. The number of fused-ring (bicyclic) bond motifs is 1. The molecule has 0 amide bonds. The van der Waals surface area contributed by atoms with Gasteiger partial charge < -0.3 is 5.32 Å². The monoisotopic (exact) mass is 372 g/mol. The van der Waals surface area contributed by atoms with E-state index in [0.717, 1.165) is 42.3 Å². The van der Waals surface area contributed by atoms with Gasteiger partial charge in [0, 0.05) is 7.05 Å². The quantitative estimate of drug-likeness (QED) is 0.414. The Morgan fingerprint density at radius 1 is 1.22 bits per heavy atom. The van der Waals surface area contributed by atoms with Crippen molar-refractivity contribution >= 4 is 5.84 Å². The third-order valence-electron chi connectivity index (χ3n) is 5.22. The van der Waals surface area contributed by atoms with Gasteiger partial charge in [0.15, 0.2) is 0 Å². The first-order valence-corrected chi connectivity index (χ1v) is 8.92. The minimum absolute atomic E-state index is 0.321. The molecular formula is C22H23F3N2. The summed E-state index contributed by atoms with van der Waals surface area (Å²) < 4.78 is 39.2. The lowest BCUT2D eigenvalue weighted by atomic mass is 9.86. The summed E-state index contributed by atoms with van der Waals surface area (Å²) in [6.45, 7) is 5.81. The lowest BCUT2D eigenvalue weighted by Gasteiger charge is -2.32. The molecule has 0 heterocycles. The zero-order chi connectivity index (χ0) is 19.7. The lowest BCUT2D eigenvalue weighted by molar-refractivity contribution is -0.137. The molecule has 142 valence electrons. The second kappa shape index (κ2) is 7.22. The molecule has 0 bridgehead atoms. The Morgan fingerprint density at radius 3 is 2.63 bits per heavy atom. The Labute approximate surface area is 157 Å². The van der Waals surface area contributed by atoms with Crippen LogP contribution in [0.15, 0.2) is 60.1 Å². The molecular weight excluding hydrogens is 349 g/mol. The Bertz CT molecular complexity index is 883. The summed E-state index contributed by atoms with van der Waals surface area (Å²) in [7, 11) is 1.73. The van der Waals surface area contributed by atoms with Crippen LogP contribution in [0.1, 0.15) is 36.5 Å². The summed E-state index contributed by atoms with van der Waals surface area (Å²) >= 11 is 0. The molecule has 2 aromatic carbocycles. The molecule has 1 aliphatic carbocycles. The van der Waals surface area contributed by atoms with Crippen LogP contribution in [0.3, 0.4) is 0 Å². The summed E-state index contributed by atoms with van der Waals surface area (Å²) in [4.78, 5) is 4.22. The summed E-state index contributed by atoms with van der Waals surface area (Å²) in [5, 5.41) is 3.51. The van der Waals surface area contributed by atoms with Gasteiger partial charge in [-0.05, 0) is 66.6 Å². The highest BCUT2D eigenvalue weighted by Gasteiger charge is 2.38. The van der Waals surface area contributed by atoms with E-state index in [1.165, 1.54) is 17.7 Å². The minimum Gasteiger partial charge on any atom is -0.364 e. The molecule has 0 aliphatic heterocycles. The van der Waals surface area contributed by atoms with Crippen LogP contribution >= 0.6 is 0 Å². The predicted molar refractivity (Wildman–Crippen MR) is 104 cm³/mol. The average Bonchev–Trinajstić information content (AvgIpc) is 2.99. The molecule has 1 unspecified atom stereocenters. The van der Waals surface area contributed by atoms with E-state index in [0.29, 0.717) is 5.56 Å². The van der Waals surface area contributed by atoms with Crippen molar-refractivity contribution in [2.24, 2.45) is 4.99 Å². The van der Waals surface area contributed by atoms with Crippen molar-refractivity contribution in [3.8, 4) is 11.1 Å². The summed E-state index contributed by atoms with van der Waals surface area (Å²) in [5.41, 5.74) is 2.71. The van der Waals surface area contributed by atoms with E-state index in [9.17, 15) is 13.2 Å². The molecule has 5 heteroatoms. The van der Waals surface area contributed by atoms with Gasteiger partial charge in [0.25, 0.3) is 0 Å². The topological polar surface area (TPSA) is 24.4 Å². The van der Waals surface area contributed by atoms with E-state index in [-0.39, 0.29) is 5.54 Å². The van der Waals surface area contributed by atoms with Crippen molar-refractivity contribution in [3.63, 3.8) is 0 Å². The third-order valence-corrected chi connectivity index (χ3v) is 5.22. The summed E-state index contributed by atoms with van der Waals surface area (Å²) in [6.07, 6.45) is 0.0553. The second-order valence-electron chi connectivity index (χ2n) is 6.96. The molecule has 0 fully saturated rings. The van der Waals surface area contributed by atoms with Gasteiger partial charge in [-0.25, -0.2) is 0 Å². The zero-order valence-electron chi connectivity index (χ0n) is 15.5. The van der Waals surface area contributed by atoms with Crippen LogP contribution < -0.4 is 5.32 Å². The standard InChI is InChI=1S/C22H23F3N2/c1-4-11-21(27-15(2)26-3)12-10-16-8-9-18(14-20(16)21)17-6-5-7-19(13-17)22(23,24)25/h4-9,13-14H,1,10-12H2,2-3H3,(H,26,27). The number of aryl methyl sites for hydroxylation is 1. The van der Waals surface area contributed by atoms with Gasteiger partial charge in [0.1, 0.15) is 0 Å². The van der Waals surface area contributed by atoms with Crippen LogP contribution in [0.4, 0.5) is 13.2 Å². The first-order valence-electron chi connectivity index (χ1n) is 8.92. The zero-order valence-corrected chi connectivity index (χ0v) is 15.5. The van der Waals surface area contributed by atoms with E-state index >= 15 is 0 Å². The highest BCUT2D eigenvalue weighted by atomic mass is 19.4. The molecule has 0 saturated heterocycles. The minimum atomic E-state index is -4.35. The Hall–Kier alpha value is -2.56. The van der Waals surface area contributed by atoms with Gasteiger partial charge in [0.05, 0.1) is 16.9 Å². The molecule has 3 rings (SSSR count). The van der Waals surface area contributed by atoms with Crippen molar-refractivity contribution in [2.75, 3.05) is 7.05 Å². The number of rotatable bonds is 4. The Morgan fingerprint density at radius 2 is 1.96 bits per heavy atom. The Kier molecular flexibility index (Phi) is 5.13. The molecule has 0 spiro atoms. The predicted octanol–water partition coefficient (Wildman–Crippen LogP) is 5.73. The largest absolute Gasteiger partial charge is 0.416 e. The second-order valence-corrected chi connectivity index (χ2v) is 6.96. The number of aliphatic imine (C=N–C) groups is 1. The normalized spacial score (nSPS) is 19.7. The number of alkyl halides is 3. The van der Waals surface area contributed by atoms with E-state index < -0.39 is 11.7 Å². The number of halogens is 3. The van der Waals surface area contributed by atoms with Crippen molar-refractivity contribution in [3.05, 3.63) is 71.8 Å². The highest BCUT2D eigenvalue weighted by molar-refractivity contribution is 5.81. The van der Waals surface area contributed by atoms with E-state index in [4.69, 9.17) is 0 Å². The highest BCUT2D eigenvalue weighted by Crippen LogP contribution is 2.42. The summed E-state index contributed by atoms with van der Waals surface area (Å²) in [6, 6.07) is 11.4. The number of nitrogens with one attached hydrogen (secondary N) is 1. The summed E-state index contributed by atoms with van der Waals surface area (Å²) in [5.74, 6) is 0.828. The number of hydrogen-bond acceptors (Lipinski definition) is 1. The number of hydrogen-bond donors (Lipinski definition) is 1. The molecule has 2 nitrogen and oxygen atoms in total. The first-order chi connectivity index (χ1) is 12.8. The van der Waals surface area contributed by atoms with Crippen LogP contribution in [-0.4, -0.2) is 12.9 Å². The van der Waals surface area contributed by atoms with Crippen LogP contribution in [0.25, 0.3) is 11.1 Å². The maximum Gasteiger partial charge on any atom is 0.416 e.